The summed E-state index contributed by atoms with van der Waals surface area (Å²) in [4.78, 5) is 0. The van der Waals surface area contributed by atoms with Crippen molar-refractivity contribution in [1.82, 2.24) is 0 Å². The molecule has 0 bridgehead atoms. The molecule has 1 aliphatic carbocycles. The first-order valence-electron chi connectivity index (χ1n) is 4.50. The highest BCUT2D eigenvalue weighted by atomic mass is 14.1. The van der Waals surface area contributed by atoms with Crippen LogP contribution in [0.25, 0.3) is 0 Å². The molecular weight excluding hydrogens is 144 g/mol. The fourth-order valence-corrected chi connectivity index (χ4v) is 1.47. The van der Waals surface area contributed by atoms with Crippen LogP contribution in [-0.4, -0.2) is 0 Å². The highest BCUT2D eigenvalue weighted by molar-refractivity contribution is 5.48. The van der Waals surface area contributed by atoms with E-state index in [1.54, 1.807) is 0 Å². The first kappa shape index (κ1) is 9.05. The molecule has 0 aromatic rings. The second-order valence-electron chi connectivity index (χ2n) is 2.97. The fourth-order valence-electron chi connectivity index (χ4n) is 1.47. The van der Waals surface area contributed by atoms with Crippen LogP contribution >= 0.6 is 0 Å². The van der Waals surface area contributed by atoms with Crippen molar-refractivity contribution in [3.05, 3.63) is 47.6 Å². The summed E-state index contributed by atoms with van der Waals surface area (Å²) in [5, 5.41) is 0. The quantitative estimate of drug-likeness (QED) is 0.551. The molecule has 0 fully saturated rings. The summed E-state index contributed by atoms with van der Waals surface area (Å²) in [7, 11) is 0. The molecule has 1 rings (SSSR count). The lowest BCUT2D eigenvalue weighted by atomic mass is 9.97. The van der Waals surface area contributed by atoms with Crippen LogP contribution in [0.4, 0.5) is 0 Å². The standard InChI is InChI=1S/C12H16/c1-4-11(5-2)10(3)12-8-6-7-9-12/h4,6-8H,3,5,9H2,1-2H3. The summed E-state index contributed by atoms with van der Waals surface area (Å²) >= 11 is 0. The lowest BCUT2D eigenvalue weighted by Crippen LogP contribution is -1.89. The zero-order valence-electron chi connectivity index (χ0n) is 7.93. The molecule has 0 spiro atoms. The van der Waals surface area contributed by atoms with E-state index < -0.39 is 0 Å². The lowest BCUT2D eigenvalue weighted by molar-refractivity contribution is 1.09. The highest BCUT2D eigenvalue weighted by Crippen LogP contribution is 2.25. The van der Waals surface area contributed by atoms with Gasteiger partial charge < -0.3 is 0 Å². The fraction of sp³-hybridized carbons (Fsp3) is 0.333. The molecule has 0 nitrogen and oxygen atoms in total. The number of allylic oxidation sites excluding steroid dienone is 7. The summed E-state index contributed by atoms with van der Waals surface area (Å²) in [5.41, 5.74) is 3.94. The van der Waals surface area contributed by atoms with E-state index in [2.05, 4.69) is 44.7 Å². The average Bonchev–Trinajstić information content (AvgIpc) is 2.58. The molecule has 0 amide bonds. The topological polar surface area (TPSA) is 0 Å². The predicted molar refractivity (Wildman–Crippen MR) is 55.0 cm³/mol. The molecule has 64 valence electrons. The van der Waals surface area contributed by atoms with Gasteiger partial charge in [-0.05, 0) is 36.5 Å². The van der Waals surface area contributed by atoms with Crippen molar-refractivity contribution in [3.8, 4) is 0 Å². The Morgan fingerprint density at radius 3 is 2.83 bits per heavy atom. The van der Waals surface area contributed by atoms with Gasteiger partial charge in [0.05, 0.1) is 0 Å². The van der Waals surface area contributed by atoms with E-state index in [1.165, 1.54) is 16.7 Å². The Bertz CT molecular complexity index is 258. The maximum Gasteiger partial charge on any atom is -0.00885 e. The van der Waals surface area contributed by atoms with Gasteiger partial charge in [-0.25, -0.2) is 0 Å². The third-order valence-electron chi connectivity index (χ3n) is 2.28. The first-order valence-corrected chi connectivity index (χ1v) is 4.50. The summed E-state index contributed by atoms with van der Waals surface area (Å²) in [6, 6.07) is 0. The zero-order valence-corrected chi connectivity index (χ0v) is 7.93. The smallest absolute Gasteiger partial charge is 0.00885 e. The lowest BCUT2D eigenvalue weighted by Gasteiger charge is -2.08. The number of rotatable bonds is 3. The second kappa shape index (κ2) is 4.10. The molecular formula is C12H16. The SMILES string of the molecule is C=C(C(=CC)CC)C1=CC=CC1. The molecule has 0 atom stereocenters. The van der Waals surface area contributed by atoms with Gasteiger partial charge in [-0.2, -0.15) is 0 Å². The van der Waals surface area contributed by atoms with Crippen LogP contribution in [0.1, 0.15) is 26.7 Å². The van der Waals surface area contributed by atoms with Gasteiger partial charge in [0.15, 0.2) is 0 Å². The first-order chi connectivity index (χ1) is 5.79. The van der Waals surface area contributed by atoms with Gasteiger partial charge in [-0.15, -0.1) is 0 Å². The van der Waals surface area contributed by atoms with Crippen molar-refractivity contribution in [2.75, 3.05) is 0 Å². The number of hydrogen-bond acceptors (Lipinski definition) is 0. The molecule has 0 heterocycles. The summed E-state index contributed by atoms with van der Waals surface area (Å²) < 4.78 is 0. The minimum Gasteiger partial charge on any atom is -0.0912 e. The molecule has 1 aliphatic rings. The van der Waals surface area contributed by atoms with Gasteiger partial charge >= 0.3 is 0 Å². The van der Waals surface area contributed by atoms with Crippen molar-refractivity contribution in [3.63, 3.8) is 0 Å². The van der Waals surface area contributed by atoms with Gasteiger partial charge in [-0.3, -0.25) is 0 Å². The molecule has 0 radical (unpaired) electrons. The van der Waals surface area contributed by atoms with Crippen LogP contribution < -0.4 is 0 Å². The third-order valence-corrected chi connectivity index (χ3v) is 2.28. The van der Waals surface area contributed by atoms with Crippen molar-refractivity contribution in [1.29, 1.82) is 0 Å². The highest BCUT2D eigenvalue weighted by Gasteiger charge is 2.06. The predicted octanol–water partition coefficient (Wildman–Crippen LogP) is 3.79. The molecule has 12 heavy (non-hydrogen) atoms. The minimum atomic E-state index is 1.05. The molecule has 0 aromatic heterocycles. The second-order valence-corrected chi connectivity index (χ2v) is 2.97. The molecule has 0 aliphatic heterocycles. The van der Waals surface area contributed by atoms with Gasteiger partial charge in [0.1, 0.15) is 0 Å². The van der Waals surface area contributed by atoms with Crippen LogP contribution in [0.15, 0.2) is 47.6 Å². The Morgan fingerprint density at radius 2 is 2.42 bits per heavy atom. The van der Waals surface area contributed by atoms with Gasteiger partial charge in [0.2, 0.25) is 0 Å². The zero-order chi connectivity index (χ0) is 8.97. The van der Waals surface area contributed by atoms with Gasteiger partial charge in [-0.1, -0.05) is 37.8 Å². The summed E-state index contributed by atoms with van der Waals surface area (Å²) in [6.07, 6.45) is 10.7. The van der Waals surface area contributed by atoms with Gasteiger partial charge in [0, 0.05) is 0 Å². The largest absolute Gasteiger partial charge is 0.0912 e. The molecule has 0 unspecified atom stereocenters. The number of hydrogen-bond donors (Lipinski definition) is 0. The third kappa shape index (κ3) is 1.76. The van der Waals surface area contributed by atoms with Crippen LogP contribution in [0, 0.1) is 0 Å². The molecule has 0 aromatic carbocycles. The van der Waals surface area contributed by atoms with E-state index in [4.69, 9.17) is 0 Å². The van der Waals surface area contributed by atoms with Crippen molar-refractivity contribution in [2.45, 2.75) is 26.7 Å². The van der Waals surface area contributed by atoms with Crippen LogP contribution in [0.5, 0.6) is 0 Å². The maximum atomic E-state index is 4.10. The minimum absolute atomic E-state index is 1.05. The van der Waals surface area contributed by atoms with E-state index in [0.717, 1.165) is 12.8 Å². The maximum absolute atomic E-state index is 4.10. The van der Waals surface area contributed by atoms with Crippen molar-refractivity contribution >= 4 is 0 Å². The summed E-state index contributed by atoms with van der Waals surface area (Å²) in [5.74, 6) is 0. The summed E-state index contributed by atoms with van der Waals surface area (Å²) in [6.45, 7) is 8.35. The van der Waals surface area contributed by atoms with Crippen LogP contribution in [-0.2, 0) is 0 Å². The molecule has 0 saturated carbocycles. The molecule has 0 saturated heterocycles. The average molecular weight is 160 g/mol. The monoisotopic (exact) mass is 160 g/mol. The Balaban J connectivity index is 2.71. The Morgan fingerprint density at radius 1 is 1.67 bits per heavy atom. The van der Waals surface area contributed by atoms with Crippen LogP contribution in [0.3, 0.4) is 0 Å². The van der Waals surface area contributed by atoms with E-state index in [9.17, 15) is 0 Å². The van der Waals surface area contributed by atoms with Crippen molar-refractivity contribution in [2.24, 2.45) is 0 Å². The van der Waals surface area contributed by atoms with Gasteiger partial charge in [0.25, 0.3) is 0 Å². The Kier molecular flexibility index (Phi) is 3.09. The van der Waals surface area contributed by atoms with Crippen LogP contribution in [0.2, 0.25) is 0 Å². The van der Waals surface area contributed by atoms with E-state index in [0.29, 0.717) is 0 Å². The Hall–Kier alpha value is -1.04. The molecule has 0 N–H and O–H groups in total. The van der Waals surface area contributed by atoms with E-state index >= 15 is 0 Å². The molecule has 0 heteroatoms. The normalized spacial score (nSPS) is 16.5. The van der Waals surface area contributed by atoms with E-state index in [1.807, 2.05) is 0 Å². The van der Waals surface area contributed by atoms with Crippen molar-refractivity contribution < 1.29 is 0 Å². The van der Waals surface area contributed by atoms with E-state index in [-0.39, 0.29) is 0 Å². The Labute approximate surface area is 75.0 Å².